The minimum absolute atomic E-state index is 0.0640. The van der Waals surface area contributed by atoms with Crippen molar-refractivity contribution in [3.63, 3.8) is 0 Å². The van der Waals surface area contributed by atoms with Crippen molar-refractivity contribution in [1.29, 1.82) is 0 Å². The lowest BCUT2D eigenvalue weighted by molar-refractivity contribution is -0.137. The molecule has 0 bridgehead atoms. The van der Waals surface area contributed by atoms with Gasteiger partial charge in [-0.2, -0.15) is 0 Å². The van der Waals surface area contributed by atoms with Crippen molar-refractivity contribution in [3.05, 3.63) is 60.3 Å². The highest BCUT2D eigenvalue weighted by Crippen LogP contribution is 2.22. The van der Waals surface area contributed by atoms with Crippen molar-refractivity contribution < 1.29 is 14.7 Å². The first kappa shape index (κ1) is 19.3. The molecule has 3 heterocycles. The van der Waals surface area contributed by atoms with Gasteiger partial charge in [-0.3, -0.25) is 14.2 Å². The van der Waals surface area contributed by atoms with Crippen molar-refractivity contribution in [2.24, 2.45) is 5.73 Å². The highest BCUT2D eigenvalue weighted by Gasteiger charge is 2.42. The molecule has 1 aliphatic rings. The minimum Gasteiger partial charge on any atom is -0.369 e. The van der Waals surface area contributed by atoms with Gasteiger partial charge in [-0.1, -0.05) is 24.0 Å². The van der Waals surface area contributed by atoms with Gasteiger partial charge >= 0.3 is 0 Å². The Balaban J connectivity index is 1.72. The summed E-state index contributed by atoms with van der Waals surface area (Å²) in [5.41, 5.74) is 4.99. The van der Waals surface area contributed by atoms with E-state index in [1.807, 2.05) is 0 Å². The second-order valence-corrected chi connectivity index (χ2v) is 6.94. The number of aliphatic hydroxyl groups is 1. The third-order valence-corrected chi connectivity index (χ3v) is 4.78. The van der Waals surface area contributed by atoms with Crippen LogP contribution in [0.5, 0.6) is 0 Å². The van der Waals surface area contributed by atoms with E-state index in [4.69, 9.17) is 5.73 Å². The summed E-state index contributed by atoms with van der Waals surface area (Å²) in [7, 11) is 1.63. The van der Waals surface area contributed by atoms with Gasteiger partial charge in [0.1, 0.15) is 17.8 Å². The second kappa shape index (κ2) is 7.42. The summed E-state index contributed by atoms with van der Waals surface area (Å²) < 4.78 is 1.64. The Morgan fingerprint density at radius 1 is 1.30 bits per heavy atom. The zero-order valence-electron chi connectivity index (χ0n) is 16.1. The van der Waals surface area contributed by atoms with Crippen molar-refractivity contribution >= 4 is 11.8 Å². The average molecular weight is 402 g/mol. The lowest BCUT2D eigenvalue weighted by atomic mass is 10.0. The molecule has 1 aromatic carbocycles. The molecule has 1 fully saturated rings. The first-order chi connectivity index (χ1) is 14.4. The third kappa shape index (κ3) is 3.64. The van der Waals surface area contributed by atoms with Crippen LogP contribution in [0.15, 0.2) is 49.1 Å². The normalized spacial score (nSPS) is 18.2. The van der Waals surface area contributed by atoms with Crippen molar-refractivity contribution in [2.45, 2.75) is 12.0 Å². The maximum absolute atomic E-state index is 12.1. The van der Waals surface area contributed by atoms with E-state index >= 15 is 0 Å². The number of imidazole rings is 1. The SMILES string of the molecule is CN1CCC(O)(C#Cc2cccc(-c3nc(C(N)=O)cc(-n4ccnc4)n3)c2)C1=O. The van der Waals surface area contributed by atoms with Crippen LogP contribution in [0.3, 0.4) is 0 Å². The summed E-state index contributed by atoms with van der Waals surface area (Å²) in [4.78, 5) is 38.0. The van der Waals surface area contributed by atoms with E-state index in [1.165, 1.54) is 11.0 Å². The maximum atomic E-state index is 12.1. The number of likely N-dealkylation sites (N-methyl/N-ethyl adjacent to an activating group) is 1. The number of rotatable bonds is 3. The number of aromatic nitrogens is 4. The van der Waals surface area contributed by atoms with Gasteiger partial charge in [0.05, 0.1) is 0 Å². The Hall–Kier alpha value is -4.03. The molecule has 2 aromatic heterocycles. The Labute approximate surface area is 172 Å². The van der Waals surface area contributed by atoms with Gasteiger partial charge in [-0.05, 0) is 12.1 Å². The Morgan fingerprint density at radius 3 is 2.80 bits per heavy atom. The molecule has 1 atom stereocenters. The molecule has 0 aliphatic carbocycles. The molecular weight excluding hydrogens is 384 g/mol. The van der Waals surface area contributed by atoms with Crippen LogP contribution >= 0.6 is 0 Å². The molecular formula is C21H18N6O3. The van der Waals surface area contributed by atoms with Crippen LogP contribution < -0.4 is 5.73 Å². The zero-order chi connectivity index (χ0) is 21.3. The molecule has 0 saturated carbocycles. The van der Waals surface area contributed by atoms with Gasteiger partial charge in [0.15, 0.2) is 5.82 Å². The van der Waals surface area contributed by atoms with Crippen LogP contribution in [-0.4, -0.2) is 60.5 Å². The van der Waals surface area contributed by atoms with Crippen LogP contribution in [0.25, 0.3) is 17.2 Å². The lowest BCUT2D eigenvalue weighted by Gasteiger charge is -2.13. The first-order valence-corrected chi connectivity index (χ1v) is 9.14. The Bertz CT molecular complexity index is 1190. The molecule has 1 saturated heterocycles. The van der Waals surface area contributed by atoms with Gasteiger partial charge in [0.2, 0.25) is 5.60 Å². The van der Waals surface area contributed by atoms with Gasteiger partial charge in [-0.15, -0.1) is 0 Å². The highest BCUT2D eigenvalue weighted by molar-refractivity contribution is 5.92. The number of carbonyl (C=O) groups is 2. The summed E-state index contributed by atoms with van der Waals surface area (Å²) in [6.45, 7) is 0.453. The molecule has 9 heteroatoms. The molecule has 0 spiro atoms. The number of amides is 2. The van der Waals surface area contributed by atoms with Gasteiger partial charge in [0.25, 0.3) is 11.8 Å². The predicted octanol–water partition coefficient (Wildman–Crippen LogP) is 0.373. The van der Waals surface area contributed by atoms with Crippen LogP contribution in [-0.2, 0) is 4.79 Å². The number of nitrogens with two attached hydrogens (primary N) is 1. The van der Waals surface area contributed by atoms with E-state index in [0.29, 0.717) is 23.5 Å². The van der Waals surface area contributed by atoms with Crippen LogP contribution in [0.1, 0.15) is 22.5 Å². The predicted molar refractivity (Wildman–Crippen MR) is 107 cm³/mol. The molecule has 4 rings (SSSR count). The minimum atomic E-state index is -1.68. The molecule has 0 radical (unpaired) electrons. The Morgan fingerprint density at radius 2 is 2.13 bits per heavy atom. The van der Waals surface area contributed by atoms with Crippen LogP contribution in [0.2, 0.25) is 0 Å². The van der Waals surface area contributed by atoms with Crippen LogP contribution in [0.4, 0.5) is 0 Å². The number of benzene rings is 1. The van der Waals surface area contributed by atoms with E-state index in [2.05, 4.69) is 26.8 Å². The molecule has 1 aliphatic heterocycles. The standard InChI is InChI=1S/C21H18N6O3/c1-26-9-7-21(30,20(26)29)6-5-14-3-2-4-15(11-14)19-24-16(18(22)28)12-17(25-19)27-10-8-23-13-27/h2-4,8,10-13,30H,7,9H2,1H3,(H2,22,28). The molecule has 9 nitrogen and oxygen atoms in total. The fourth-order valence-electron chi connectivity index (χ4n) is 3.10. The smallest absolute Gasteiger partial charge is 0.267 e. The zero-order valence-corrected chi connectivity index (χ0v) is 16.1. The highest BCUT2D eigenvalue weighted by atomic mass is 16.3. The molecule has 3 N–H and O–H groups in total. The number of hydrogen-bond acceptors (Lipinski definition) is 6. The van der Waals surface area contributed by atoms with Crippen LogP contribution in [0, 0.1) is 11.8 Å². The summed E-state index contributed by atoms with van der Waals surface area (Å²) >= 11 is 0. The fourth-order valence-corrected chi connectivity index (χ4v) is 3.10. The summed E-state index contributed by atoms with van der Waals surface area (Å²) in [5, 5.41) is 10.5. The number of carbonyl (C=O) groups excluding carboxylic acids is 2. The largest absolute Gasteiger partial charge is 0.369 e. The Kier molecular flexibility index (Phi) is 4.77. The molecule has 3 aromatic rings. The monoisotopic (exact) mass is 402 g/mol. The fraction of sp³-hybridized carbons (Fsp3) is 0.190. The average Bonchev–Trinajstić information content (AvgIpc) is 3.38. The van der Waals surface area contributed by atoms with E-state index < -0.39 is 17.4 Å². The lowest BCUT2D eigenvalue weighted by Crippen LogP contribution is -2.37. The maximum Gasteiger partial charge on any atom is 0.267 e. The number of nitrogens with zero attached hydrogens (tertiary/aromatic N) is 5. The number of likely N-dealkylation sites (tertiary alicyclic amines) is 1. The van der Waals surface area contributed by atoms with E-state index in [-0.39, 0.29) is 17.9 Å². The quantitative estimate of drug-likeness (QED) is 0.610. The topological polar surface area (TPSA) is 127 Å². The van der Waals surface area contributed by atoms with Crippen molar-refractivity contribution in [3.8, 4) is 29.0 Å². The first-order valence-electron chi connectivity index (χ1n) is 9.14. The summed E-state index contributed by atoms with van der Waals surface area (Å²) in [6, 6.07) is 8.47. The van der Waals surface area contributed by atoms with Gasteiger partial charge < -0.3 is 15.7 Å². The van der Waals surface area contributed by atoms with Crippen molar-refractivity contribution in [2.75, 3.05) is 13.6 Å². The number of primary amides is 1. The van der Waals surface area contributed by atoms with E-state index in [9.17, 15) is 14.7 Å². The second-order valence-electron chi connectivity index (χ2n) is 6.94. The van der Waals surface area contributed by atoms with Crippen molar-refractivity contribution in [1.82, 2.24) is 24.4 Å². The number of hydrogen-bond donors (Lipinski definition) is 2. The van der Waals surface area contributed by atoms with E-state index in [1.54, 1.807) is 54.6 Å². The van der Waals surface area contributed by atoms with E-state index in [0.717, 1.165) is 0 Å². The third-order valence-electron chi connectivity index (χ3n) is 4.78. The summed E-state index contributed by atoms with van der Waals surface area (Å²) in [6.07, 6.45) is 5.09. The molecule has 1 unspecified atom stereocenters. The van der Waals surface area contributed by atoms with Gasteiger partial charge in [0, 0.05) is 49.6 Å². The molecule has 30 heavy (non-hydrogen) atoms. The molecule has 150 valence electrons. The van der Waals surface area contributed by atoms with Gasteiger partial charge in [-0.25, -0.2) is 15.0 Å². The summed E-state index contributed by atoms with van der Waals surface area (Å²) in [5.74, 6) is 5.18. The molecule has 2 amide bonds.